The van der Waals surface area contributed by atoms with Gasteiger partial charge in [0.25, 0.3) is 10.1 Å². The predicted octanol–water partition coefficient (Wildman–Crippen LogP) is 3.82. The molecule has 1 aromatic rings. The van der Waals surface area contributed by atoms with E-state index in [0.29, 0.717) is 0 Å². The first kappa shape index (κ1) is 20.7. The summed E-state index contributed by atoms with van der Waals surface area (Å²) in [5.41, 5.74) is 0.981. The van der Waals surface area contributed by atoms with Gasteiger partial charge in [-0.15, -0.1) is 5.92 Å². The standard InChI is InChI=1S/C19H28O4S/c1-3-4-5-6-7-8-9-10-18(20)15-16-23-24(21,22)19-13-11-17(2)12-14-19/h11-14,18,20H,3-8,15-16H2,1-2H3/t18-/m0/s1. The maximum atomic E-state index is 12.0. The van der Waals surface area contributed by atoms with Crippen LogP contribution in [0.4, 0.5) is 0 Å². The second-order valence-electron chi connectivity index (χ2n) is 5.88. The van der Waals surface area contributed by atoms with Crippen molar-refractivity contribution >= 4 is 10.1 Å². The molecular weight excluding hydrogens is 324 g/mol. The molecule has 24 heavy (non-hydrogen) atoms. The van der Waals surface area contributed by atoms with Crippen LogP contribution in [-0.2, 0) is 14.3 Å². The molecule has 0 spiro atoms. The third-order valence-electron chi connectivity index (χ3n) is 3.61. The van der Waals surface area contributed by atoms with Crippen LogP contribution >= 0.6 is 0 Å². The van der Waals surface area contributed by atoms with E-state index in [0.717, 1.165) is 24.8 Å². The van der Waals surface area contributed by atoms with Gasteiger partial charge in [0.05, 0.1) is 11.5 Å². The molecule has 0 aliphatic heterocycles. The topological polar surface area (TPSA) is 63.6 Å². The molecule has 0 aliphatic carbocycles. The van der Waals surface area contributed by atoms with Crippen LogP contribution in [0.2, 0.25) is 0 Å². The number of hydrogen-bond acceptors (Lipinski definition) is 4. The van der Waals surface area contributed by atoms with E-state index in [9.17, 15) is 13.5 Å². The molecule has 0 unspecified atom stereocenters. The maximum absolute atomic E-state index is 12.0. The van der Waals surface area contributed by atoms with Crippen molar-refractivity contribution in [3.63, 3.8) is 0 Å². The van der Waals surface area contributed by atoms with Gasteiger partial charge in [-0.25, -0.2) is 0 Å². The summed E-state index contributed by atoms with van der Waals surface area (Å²) in [5.74, 6) is 5.68. The third-order valence-corrected chi connectivity index (χ3v) is 4.94. The molecule has 0 bridgehead atoms. The van der Waals surface area contributed by atoms with Crippen LogP contribution in [0.15, 0.2) is 29.2 Å². The summed E-state index contributed by atoms with van der Waals surface area (Å²) in [6.07, 6.45) is 5.99. The molecular formula is C19H28O4S. The number of aryl methyl sites for hydroxylation is 1. The SMILES string of the molecule is CCCCCCCC#C[C@H](O)CCOS(=O)(=O)c1ccc(C)cc1. The first-order chi connectivity index (χ1) is 11.5. The number of rotatable bonds is 10. The highest BCUT2D eigenvalue weighted by Crippen LogP contribution is 2.13. The number of unbranched alkanes of at least 4 members (excludes halogenated alkanes) is 5. The van der Waals surface area contributed by atoms with Crippen molar-refractivity contribution in [2.75, 3.05) is 6.61 Å². The Hall–Kier alpha value is -1.35. The maximum Gasteiger partial charge on any atom is 0.296 e. The highest BCUT2D eigenvalue weighted by molar-refractivity contribution is 7.86. The fourth-order valence-corrected chi connectivity index (χ4v) is 3.04. The molecule has 134 valence electrons. The normalized spacial score (nSPS) is 12.5. The molecule has 0 saturated heterocycles. The Morgan fingerprint density at radius 1 is 1.12 bits per heavy atom. The molecule has 1 aromatic carbocycles. The van der Waals surface area contributed by atoms with Gasteiger partial charge in [-0.2, -0.15) is 8.42 Å². The van der Waals surface area contributed by atoms with Crippen LogP contribution in [0.25, 0.3) is 0 Å². The minimum atomic E-state index is -3.77. The van der Waals surface area contributed by atoms with Gasteiger partial charge < -0.3 is 5.11 Å². The third kappa shape index (κ3) is 8.49. The highest BCUT2D eigenvalue weighted by Gasteiger charge is 2.15. The van der Waals surface area contributed by atoms with Gasteiger partial charge in [0, 0.05) is 12.8 Å². The van der Waals surface area contributed by atoms with Crippen LogP contribution in [0, 0.1) is 18.8 Å². The monoisotopic (exact) mass is 352 g/mol. The fraction of sp³-hybridized carbons (Fsp3) is 0.579. The average molecular weight is 352 g/mol. The van der Waals surface area contributed by atoms with E-state index in [2.05, 4.69) is 18.8 Å². The van der Waals surface area contributed by atoms with Crippen LogP contribution in [0.5, 0.6) is 0 Å². The van der Waals surface area contributed by atoms with E-state index in [4.69, 9.17) is 4.18 Å². The molecule has 5 heteroatoms. The van der Waals surface area contributed by atoms with Gasteiger partial charge in [0.1, 0.15) is 6.10 Å². The van der Waals surface area contributed by atoms with Crippen LogP contribution in [-0.4, -0.2) is 26.2 Å². The number of aliphatic hydroxyl groups is 1. The van der Waals surface area contributed by atoms with Gasteiger partial charge in [-0.3, -0.25) is 4.18 Å². The number of benzene rings is 1. The lowest BCUT2D eigenvalue weighted by Crippen LogP contribution is -2.12. The molecule has 0 heterocycles. The van der Waals surface area contributed by atoms with Crippen molar-refractivity contribution in [2.45, 2.75) is 69.8 Å². The van der Waals surface area contributed by atoms with Crippen molar-refractivity contribution in [1.82, 2.24) is 0 Å². The Balaban J connectivity index is 2.27. The van der Waals surface area contributed by atoms with E-state index < -0.39 is 16.2 Å². The van der Waals surface area contributed by atoms with Gasteiger partial charge in [-0.05, 0) is 25.5 Å². The zero-order valence-electron chi connectivity index (χ0n) is 14.6. The number of hydrogen-bond donors (Lipinski definition) is 1. The highest BCUT2D eigenvalue weighted by atomic mass is 32.2. The summed E-state index contributed by atoms with van der Waals surface area (Å²) in [6, 6.07) is 6.47. The molecule has 0 amide bonds. The van der Waals surface area contributed by atoms with Crippen molar-refractivity contribution in [3.05, 3.63) is 29.8 Å². The zero-order chi connectivity index (χ0) is 17.8. The van der Waals surface area contributed by atoms with E-state index >= 15 is 0 Å². The fourth-order valence-electron chi connectivity index (χ4n) is 2.12. The van der Waals surface area contributed by atoms with Gasteiger partial charge in [-0.1, -0.05) is 56.2 Å². The Kier molecular flexibility index (Phi) is 9.70. The molecule has 0 aliphatic rings. The summed E-state index contributed by atoms with van der Waals surface area (Å²) >= 11 is 0. The molecule has 4 nitrogen and oxygen atoms in total. The van der Waals surface area contributed by atoms with Gasteiger partial charge in [0.15, 0.2) is 0 Å². The zero-order valence-corrected chi connectivity index (χ0v) is 15.4. The lowest BCUT2D eigenvalue weighted by atomic mass is 10.1. The lowest BCUT2D eigenvalue weighted by molar-refractivity contribution is 0.188. The largest absolute Gasteiger partial charge is 0.380 e. The minimum Gasteiger partial charge on any atom is -0.380 e. The first-order valence-corrected chi connectivity index (χ1v) is 9.99. The van der Waals surface area contributed by atoms with Gasteiger partial charge >= 0.3 is 0 Å². The first-order valence-electron chi connectivity index (χ1n) is 8.58. The van der Waals surface area contributed by atoms with E-state index in [1.165, 1.54) is 31.4 Å². The Morgan fingerprint density at radius 3 is 2.46 bits per heavy atom. The van der Waals surface area contributed by atoms with Crippen LogP contribution < -0.4 is 0 Å². The molecule has 0 fully saturated rings. The Morgan fingerprint density at radius 2 is 1.79 bits per heavy atom. The minimum absolute atomic E-state index is 0.0808. The molecule has 0 radical (unpaired) electrons. The van der Waals surface area contributed by atoms with Crippen LogP contribution in [0.3, 0.4) is 0 Å². The smallest absolute Gasteiger partial charge is 0.296 e. The van der Waals surface area contributed by atoms with E-state index in [-0.39, 0.29) is 17.9 Å². The molecule has 1 rings (SSSR count). The Bertz CT molecular complexity index is 624. The summed E-state index contributed by atoms with van der Waals surface area (Å²) in [7, 11) is -3.77. The summed E-state index contributed by atoms with van der Waals surface area (Å²) in [6.45, 7) is 3.98. The molecule has 1 N–H and O–H groups in total. The molecule has 1 atom stereocenters. The summed E-state index contributed by atoms with van der Waals surface area (Å²) < 4.78 is 28.9. The molecule has 0 aromatic heterocycles. The second kappa shape index (κ2) is 11.2. The van der Waals surface area contributed by atoms with Crippen LogP contribution in [0.1, 0.15) is 57.4 Å². The van der Waals surface area contributed by atoms with Gasteiger partial charge in [0.2, 0.25) is 0 Å². The van der Waals surface area contributed by atoms with Crippen molar-refractivity contribution in [2.24, 2.45) is 0 Å². The van der Waals surface area contributed by atoms with E-state index in [1.807, 2.05) is 6.92 Å². The predicted molar refractivity (Wildman–Crippen MR) is 96.1 cm³/mol. The summed E-state index contributed by atoms with van der Waals surface area (Å²) in [5, 5.41) is 9.75. The Labute approximate surface area is 146 Å². The van der Waals surface area contributed by atoms with Crippen molar-refractivity contribution < 1.29 is 17.7 Å². The van der Waals surface area contributed by atoms with E-state index in [1.54, 1.807) is 12.1 Å². The quantitative estimate of drug-likeness (QED) is 0.395. The lowest BCUT2D eigenvalue weighted by Gasteiger charge is -2.07. The average Bonchev–Trinajstić information content (AvgIpc) is 2.54. The molecule has 0 saturated carbocycles. The van der Waals surface area contributed by atoms with Crippen molar-refractivity contribution in [3.8, 4) is 11.8 Å². The second-order valence-corrected chi connectivity index (χ2v) is 7.49. The summed E-state index contributed by atoms with van der Waals surface area (Å²) in [4.78, 5) is 0.126. The number of aliphatic hydroxyl groups excluding tert-OH is 1. The van der Waals surface area contributed by atoms with Crippen molar-refractivity contribution in [1.29, 1.82) is 0 Å².